The number of rotatable bonds is 5. The number of nitrogens with one attached hydrogen (secondary N) is 2. The number of aryl methyl sites for hydroxylation is 1. The maximum absolute atomic E-state index is 4.55. The summed E-state index contributed by atoms with van der Waals surface area (Å²) in [5.41, 5.74) is 1.36. The van der Waals surface area contributed by atoms with Gasteiger partial charge in [-0.15, -0.1) is 0 Å². The lowest BCUT2D eigenvalue weighted by atomic mass is 9.96. The molecule has 1 heterocycles. The summed E-state index contributed by atoms with van der Waals surface area (Å²) in [7, 11) is 6.27. The fraction of sp³-hybridized carbons (Fsp3) is 0.733. The Kier molecular flexibility index (Phi) is 4.48. The van der Waals surface area contributed by atoms with Crippen LogP contribution >= 0.6 is 0 Å². The van der Waals surface area contributed by atoms with Crippen LogP contribution in [-0.2, 0) is 0 Å². The highest BCUT2D eigenvalue weighted by Crippen LogP contribution is 2.34. The molecule has 2 rings (SSSR count). The molecule has 5 nitrogen and oxygen atoms in total. The molecule has 0 unspecified atom stereocenters. The van der Waals surface area contributed by atoms with Gasteiger partial charge in [-0.3, -0.25) is 0 Å². The van der Waals surface area contributed by atoms with E-state index in [1.54, 1.807) is 0 Å². The van der Waals surface area contributed by atoms with Gasteiger partial charge >= 0.3 is 0 Å². The van der Waals surface area contributed by atoms with Gasteiger partial charge in [0.25, 0.3) is 0 Å². The minimum Gasteiger partial charge on any atom is -0.373 e. The number of nitrogens with zero attached hydrogens (tertiary/aromatic N) is 3. The zero-order valence-electron chi connectivity index (χ0n) is 13.4. The summed E-state index contributed by atoms with van der Waals surface area (Å²) in [4.78, 5) is 11.3. The minimum atomic E-state index is 0.269. The molecular weight excluding hydrogens is 250 g/mol. The fourth-order valence-corrected chi connectivity index (χ4v) is 3.11. The maximum Gasteiger partial charge on any atom is 0.134 e. The largest absolute Gasteiger partial charge is 0.373 e. The molecule has 0 spiro atoms. The molecule has 0 aliphatic heterocycles. The van der Waals surface area contributed by atoms with Crippen LogP contribution in [0.2, 0.25) is 0 Å². The zero-order valence-corrected chi connectivity index (χ0v) is 13.4. The summed E-state index contributed by atoms with van der Waals surface area (Å²) in [5.74, 6) is 2.66. The molecule has 0 bridgehead atoms. The molecule has 1 saturated carbocycles. The molecule has 112 valence electrons. The second kappa shape index (κ2) is 5.95. The average Bonchev–Trinajstić information content (AvgIpc) is 2.89. The van der Waals surface area contributed by atoms with E-state index in [9.17, 15) is 0 Å². The average molecular weight is 277 g/mol. The van der Waals surface area contributed by atoms with E-state index in [0.29, 0.717) is 0 Å². The first-order chi connectivity index (χ1) is 9.48. The van der Waals surface area contributed by atoms with E-state index >= 15 is 0 Å². The van der Waals surface area contributed by atoms with Crippen LogP contribution in [0.4, 0.5) is 11.6 Å². The van der Waals surface area contributed by atoms with Crippen LogP contribution in [0.1, 0.15) is 37.1 Å². The molecule has 1 fully saturated rings. The maximum atomic E-state index is 4.55. The van der Waals surface area contributed by atoms with Crippen molar-refractivity contribution in [3.63, 3.8) is 0 Å². The second-order valence-electron chi connectivity index (χ2n) is 6.02. The van der Waals surface area contributed by atoms with Gasteiger partial charge in [0.2, 0.25) is 0 Å². The van der Waals surface area contributed by atoms with Crippen molar-refractivity contribution in [1.29, 1.82) is 0 Å². The Hall–Kier alpha value is -1.36. The van der Waals surface area contributed by atoms with Gasteiger partial charge < -0.3 is 15.5 Å². The Bertz CT molecular complexity index is 464. The molecule has 1 aromatic heterocycles. The molecule has 0 saturated heterocycles. The summed E-state index contributed by atoms with van der Waals surface area (Å²) in [6, 6.07) is 0. The van der Waals surface area contributed by atoms with Crippen LogP contribution in [0, 0.1) is 13.8 Å². The topological polar surface area (TPSA) is 53.1 Å². The molecule has 20 heavy (non-hydrogen) atoms. The first-order valence-electron chi connectivity index (χ1n) is 7.43. The van der Waals surface area contributed by atoms with Crippen molar-refractivity contribution in [2.24, 2.45) is 0 Å². The van der Waals surface area contributed by atoms with Gasteiger partial charge in [-0.25, -0.2) is 9.97 Å². The van der Waals surface area contributed by atoms with Crippen molar-refractivity contribution in [3.8, 4) is 0 Å². The first kappa shape index (κ1) is 15.0. The van der Waals surface area contributed by atoms with E-state index in [4.69, 9.17) is 0 Å². The van der Waals surface area contributed by atoms with Crippen molar-refractivity contribution < 1.29 is 0 Å². The molecule has 1 aromatic rings. The minimum absolute atomic E-state index is 0.269. The number of anilines is 2. The van der Waals surface area contributed by atoms with Gasteiger partial charge in [0.15, 0.2) is 0 Å². The van der Waals surface area contributed by atoms with Crippen LogP contribution in [-0.4, -0.2) is 48.1 Å². The van der Waals surface area contributed by atoms with Crippen LogP contribution in [0.25, 0.3) is 0 Å². The lowest BCUT2D eigenvalue weighted by molar-refractivity contribution is 0.172. The highest BCUT2D eigenvalue weighted by molar-refractivity contribution is 5.57. The van der Waals surface area contributed by atoms with Crippen molar-refractivity contribution in [2.45, 2.75) is 45.1 Å². The summed E-state index contributed by atoms with van der Waals surface area (Å²) in [5, 5.41) is 6.69. The quantitative estimate of drug-likeness (QED) is 0.865. The Morgan fingerprint density at radius 1 is 1.10 bits per heavy atom. The molecule has 1 aliphatic rings. The lowest BCUT2D eigenvalue weighted by Crippen LogP contribution is -2.47. The Balaban J connectivity index is 2.16. The standard InChI is InChI=1S/C15H27N5/c1-11-13(16-3)18-12(2)19-14(11)17-10-15(20(4)5)8-6-7-9-15/h6-10H2,1-5H3,(H2,16,17,18,19). The van der Waals surface area contributed by atoms with E-state index in [1.165, 1.54) is 25.7 Å². The molecule has 0 atom stereocenters. The summed E-state index contributed by atoms with van der Waals surface area (Å²) < 4.78 is 0. The van der Waals surface area contributed by atoms with Gasteiger partial charge in [0.05, 0.1) is 0 Å². The third kappa shape index (κ3) is 2.87. The molecular formula is C15H27N5. The molecule has 2 N–H and O–H groups in total. The molecule has 0 amide bonds. The highest BCUT2D eigenvalue weighted by atomic mass is 15.2. The van der Waals surface area contributed by atoms with Gasteiger partial charge in [-0.2, -0.15) is 0 Å². The first-order valence-corrected chi connectivity index (χ1v) is 7.43. The molecule has 5 heteroatoms. The van der Waals surface area contributed by atoms with Gasteiger partial charge in [0.1, 0.15) is 17.5 Å². The van der Waals surface area contributed by atoms with Crippen LogP contribution < -0.4 is 10.6 Å². The Morgan fingerprint density at radius 2 is 1.70 bits per heavy atom. The SMILES string of the molecule is CNc1nc(C)nc(NCC2(N(C)C)CCCC2)c1C. The second-order valence-corrected chi connectivity index (χ2v) is 6.02. The van der Waals surface area contributed by atoms with E-state index in [-0.39, 0.29) is 5.54 Å². The number of likely N-dealkylation sites (N-methyl/N-ethyl adjacent to an activating group) is 1. The van der Waals surface area contributed by atoms with Crippen molar-refractivity contribution >= 4 is 11.6 Å². The lowest BCUT2D eigenvalue weighted by Gasteiger charge is -2.36. The number of hydrogen-bond donors (Lipinski definition) is 2. The highest BCUT2D eigenvalue weighted by Gasteiger charge is 2.35. The van der Waals surface area contributed by atoms with Gasteiger partial charge in [-0.05, 0) is 40.8 Å². The predicted octanol–water partition coefficient (Wildman–Crippen LogP) is 2.42. The Morgan fingerprint density at radius 3 is 2.25 bits per heavy atom. The predicted molar refractivity (Wildman–Crippen MR) is 84.4 cm³/mol. The fourth-order valence-electron chi connectivity index (χ4n) is 3.11. The van der Waals surface area contributed by atoms with E-state index in [0.717, 1.165) is 29.6 Å². The number of hydrogen-bond acceptors (Lipinski definition) is 5. The van der Waals surface area contributed by atoms with Gasteiger partial charge in [0, 0.05) is 24.7 Å². The third-order valence-electron chi connectivity index (χ3n) is 4.56. The van der Waals surface area contributed by atoms with Crippen LogP contribution in [0.15, 0.2) is 0 Å². The molecule has 1 aliphatic carbocycles. The smallest absolute Gasteiger partial charge is 0.134 e. The molecule has 0 radical (unpaired) electrons. The Labute approximate surface area is 122 Å². The summed E-state index contributed by atoms with van der Waals surface area (Å²) in [6.07, 6.45) is 5.16. The normalized spacial score (nSPS) is 17.5. The summed E-state index contributed by atoms with van der Waals surface area (Å²) >= 11 is 0. The zero-order chi connectivity index (χ0) is 14.8. The van der Waals surface area contributed by atoms with Gasteiger partial charge in [-0.1, -0.05) is 12.8 Å². The van der Waals surface area contributed by atoms with Crippen LogP contribution in [0.5, 0.6) is 0 Å². The van der Waals surface area contributed by atoms with Crippen molar-refractivity contribution in [1.82, 2.24) is 14.9 Å². The summed E-state index contributed by atoms with van der Waals surface area (Å²) in [6.45, 7) is 4.94. The number of aromatic nitrogens is 2. The van der Waals surface area contributed by atoms with Crippen molar-refractivity contribution in [2.75, 3.05) is 38.3 Å². The monoisotopic (exact) mass is 277 g/mol. The third-order valence-corrected chi connectivity index (χ3v) is 4.56. The van der Waals surface area contributed by atoms with E-state index in [2.05, 4.69) is 46.5 Å². The van der Waals surface area contributed by atoms with E-state index < -0.39 is 0 Å². The molecule has 0 aromatic carbocycles. The van der Waals surface area contributed by atoms with E-state index in [1.807, 2.05) is 14.0 Å². The van der Waals surface area contributed by atoms with Crippen molar-refractivity contribution in [3.05, 3.63) is 11.4 Å². The van der Waals surface area contributed by atoms with Crippen LogP contribution in [0.3, 0.4) is 0 Å².